The molecule has 0 saturated carbocycles. The highest BCUT2D eigenvalue weighted by Crippen LogP contribution is 2.27. The second-order valence-electron chi connectivity index (χ2n) is 5.70. The third kappa shape index (κ3) is 6.70. The minimum atomic E-state index is -0.202. The van der Waals surface area contributed by atoms with Crippen molar-refractivity contribution in [1.29, 1.82) is 0 Å². The molecule has 1 aromatic rings. The van der Waals surface area contributed by atoms with Gasteiger partial charge in [-0.05, 0) is 25.2 Å². The van der Waals surface area contributed by atoms with Crippen LogP contribution in [0.1, 0.15) is 0 Å². The van der Waals surface area contributed by atoms with E-state index in [1.54, 1.807) is 30.1 Å². The molecule has 1 aliphatic rings. The Hall–Kier alpha value is -1.54. The van der Waals surface area contributed by atoms with Gasteiger partial charge in [0, 0.05) is 31.9 Å². The van der Waals surface area contributed by atoms with Crippen LogP contribution in [0.4, 0.5) is 5.69 Å². The summed E-state index contributed by atoms with van der Waals surface area (Å²) in [5.41, 5.74) is 0.590. The predicted octanol–water partition coefficient (Wildman–Crippen LogP) is 1.07. The van der Waals surface area contributed by atoms with Crippen molar-refractivity contribution < 1.29 is 14.3 Å². The van der Waals surface area contributed by atoms with Crippen molar-refractivity contribution in [2.45, 2.75) is 0 Å². The van der Waals surface area contributed by atoms with Crippen LogP contribution in [0, 0.1) is 0 Å². The summed E-state index contributed by atoms with van der Waals surface area (Å²) in [6.45, 7) is 3.40. The van der Waals surface area contributed by atoms with Crippen molar-refractivity contribution in [3.8, 4) is 5.75 Å². The summed E-state index contributed by atoms with van der Waals surface area (Å²) in [4.78, 5) is 27.8. The molecule has 1 aromatic carbocycles. The fourth-order valence-corrected chi connectivity index (χ4v) is 2.75. The lowest BCUT2D eigenvalue weighted by molar-refractivity contribution is -0.133. The number of nitrogens with zero attached hydrogens (tertiary/aromatic N) is 2. The maximum absolute atomic E-state index is 12.2. The predicted molar refractivity (Wildman–Crippen MR) is 101 cm³/mol. The maximum Gasteiger partial charge on any atom is 0.238 e. The van der Waals surface area contributed by atoms with Crippen LogP contribution in [0.15, 0.2) is 18.2 Å². The molecular formula is C16H24Cl2N4O3. The lowest BCUT2D eigenvalue weighted by Crippen LogP contribution is -2.49. The van der Waals surface area contributed by atoms with Crippen LogP contribution in [-0.4, -0.2) is 75.0 Å². The Morgan fingerprint density at radius 1 is 1.32 bits per heavy atom. The summed E-state index contributed by atoms with van der Waals surface area (Å²) >= 11 is 6.03. The number of hydrogen-bond acceptors (Lipinski definition) is 5. The Morgan fingerprint density at radius 2 is 2.00 bits per heavy atom. The molecule has 25 heavy (non-hydrogen) atoms. The van der Waals surface area contributed by atoms with Crippen LogP contribution in [-0.2, 0) is 9.59 Å². The number of carbonyl (C=O) groups excluding carboxylic acids is 2. The molecule has 1 heterocycles. The highest BCUT2D eigenvalue weighted by atomic mass is 35.5. The van der Waals surface area contributed by atoms with Gasteiger partial charge in [0.1, 0.15) is 5.75 Å². The van der Waals surface area contributed by atoms with Crippen molar-refractivity contribution in [3.05, 3.63) is 23.2 Å². The molecule has 1 fully saturated rings. The molecule has 0 radical (unpaired) electrons. The van der Waals surface area contributed by atoms with Crippen molar-refractivity contribution >= 4 is 41.5 Å². The number of likely N-dealkylation sites (N-methyl/N-ethyl adjacent to an activating group) is 1. The molecule has 2 N–H and O–H groups in total. The van der Waals surface area contributed by atoms with Gasteiger partial charge in [-0.3, -0.25) is 14.5 Å². The number of benzene rings is 1. The molecule has 0 aliphatic carbocycles. The minimum Gasteiger partial charge on any atom is -0.495 e. The number of methoxy groups -OCH3 is 1. The first-order chi connectivity index (χ1) is 11.5. The van der Waals surface area contributed by atoms with Crippen LogP contribution < -0.4 is 15.4 Å². The Morgan fingerprint density at radius 3 is 2.60 bits per heavy atom. The molecule has 0 atom stereocenters. The smallest absolute Gasteiger partial charge is 0.238 e. The monoisotopic (exact) mass is 390 g/mol. The van der Waals surface area contributed by atoms with Gasteiger partial charge in [0.25, 0.3) is 0 Å². The number of carbonyl (C=O) groups is 2. The van der Waals surface area contributed by atoms with Crippen molar-refractivity contribution in [3.63, 3.8) is 0 Å². The first-order valence-corrected chi connectivity index (χ1v) is 8.18. The normalized spacial score (nSPS) is 14.0. The lowest BCUT2D eigenvalue weighted by atomic mass is 10.3. The van der Waals surface area contributed by atoms with Crippen LogP contribution in [0.5, 0.6) is 5.75 Å². The van der Waals surface area contributed by atoms with Gasteiger partial charge in [0.05, 0.1) is 25.2 Å². The Bertz CT molecular complexity index is 595. The van der Waals surface area contributed by atoms with E-state index in [4.69, 9.17) is 16.3 Å². The van der Waals surface area contributed by atoms with Gasteiger partial charge in [0.2, 0.25) is 11.8 Å². The average molecular weight is 391 g/mol. The topological polar surface area (TPSA) is 73.9 Å². The van der Waals surface area contributed by atoms with E-state index in [9.17, 15) is 9.59 Å². The largest absolute Gasteiger partial charge is 0.495 e. The molecule has 1 aliphatic heterocycles. The molecular weight excluding hydrogens is 367 g/mol. The summed E-state index contributed by atoms with van der Waals surface area (Å²) < 4.78 is 5.07. The highest BCUT2D eigenvalue weighted by Gasteiger charge is 2.18. The first-order valence-electron chi connectivity index (χ1n) is 7.80. The second kappa shape index (κ2) is 10.5. The number of halogens is 2. The zero-order valence-electron chi connectivity index (χ0n) is 14.4. The lowest BCUT2D eigenvalue weighted by Gasteiger charge is -2.29. The Labute approximate surface area is 159 Å². The molecule has 0 bridgehead atoms. The van der Waals surface area contributed by atoms with Crippen LogP contribution in [0.25, 0.3) is 0 Å². The van der Waals surface area contributed by atoms with Gasteiger partial charge in [-0.1, -0.05) is 11.6 Å². The quantitative estimate of drug-likeness (QED) is 0.759. The van der Waals surface area contributed by atoms with E-state index in [-0.39, 0.29) is 37.3 Å². The van der Waals surface area contributed by atoms with E-state index in [0.29, 0.717) is 29.5 Å². The highest BCUT2D eigenvalue weighted by molar-refractivity contribution is 6.32. The van der Waals surface area contributed by atoms with Gasteiger partial charge < -0.3 is 20.3 Å². The van der Waals surface area contributed by atoms with E-state index in [1.165, 1.54) is 7.11 Å². The van der Waals surface area contributed by atoms with Crippen LogP contribution in [0.2, 0.25) is 5.02 Å². The molecule has 7 nitrogen and oxygen atoms in total. The van der Waals surface area contributed by atoms with Crippen LogP contribution >= 0.6 is 24.0 Å². The van der Waals surface area contributed by atoms with Gasteiger partial charge in [-0.25, -0.2) is 0 Å². The summed E-state index contributed by atoms with van der Waals surface area (Å²) in [7, 11) is 3.28. The fourth-order valence-electron chi connectivity index (χ4n) is 2.49. The van der Waals surface area contributed by atoms with E-state index in [2.05, 4.69) is 10.6 Å². The van der Waals surface area contributed by atoms with Crippen LogP contribution in [0.3, 0.4) is 0 Å². The zero-order chi connectivity index (χ0) is 17.5. The van der Waals surface area contributed by atoms with E-state index in [1.807, 2.05) is 4.90 Å². The summed E-state index contributed by atoms with van der Waals surface area (Å²) in [6, 6.07) is 5.04. The summed E-state index contributed by atoms with van der Waals surface area (Å²) in [5, 5.41) is 6.39. The average Bonchev–Trinajstić information content (AvgIpc) is 2.55. The molecule has 2 amide bonds. The number of amides is 2. The number of rotatable bonds is 6. The van der Waals surface area contributed by atoms with Crippen molar-refractivity contribution in [1.82, 2.24) is 15.1 Å². The van der Waals surface area contributed by atoms with Gasteiger partial charge in [-0.2, -0.15) is 0 Å². The SMILES string of the molecule is COc1ccc(NC(=O)CN(C)CC(=O)N2CCNCC2)cc1Cl.Cl. The maximum atomic E-state index is 12.2. The molecule has 0 unspecified atom stereocenters. The minimum absolute atomic E-state index is 0. The number of ether oxygens (including phenoxy) is 1. The standard InChI is InChI=1S/C16H23ClN4O3.ClH/c1-20(11-16(23)21-7-5-18-6-8-21)10-15(22)19-12-3-4-14(24-2)13(17)9-12;/h3-4,9,18H,5-8,10-11H2,1-2H3,(H,19,22);1H. The molecule has 2 rings (SSSR count). The Kier molecular flexibility index (Phi) is 8.99. The molecule has 9 heteroatoms. The number of anilines is 1. The molecule has 0 spiro atoms. The fraction of sp³-hybridized carbons (Fsp3) is 0.500. The van der Waals surface area contributed by atoms with E-state index >= 15 is 0 Å². The third-order valence-electron chi connectivity index (χ3n) is 3.72. The molecule has 140 valence electrons. The number of hydrogen-bond donors (Lipinski definition) is 2. The van der Waals surface area contributed by atoms with Crippen molar-refractivity contribution in [2.24, 2.45) is 0 Å². The number of piperazine rings is 1. The summed E-state index contributed by atoms with van der Waals surface area (Å²) in [5.74, 6) is 0.388. The first kappa shape index (κ1) is 21.5. The third-order valence-corrected chi connectivity index (χ3v) is 4.02. The van der Waals surface area contributed by atoms with Gasteiger partial charge in [0.15, 0.2) is 0 Å². The van der Waals surface area contributed by atoms with E-state index in [0.717, 1.165) is 13.1 Å². The van der Waals surface area contributed by atoms with Crippen molar-refractivity contribution in [2.75, 3.05) is 58.7 Å². The number of nitrogens with one attached hydrogen (secondary N) is 2. The Balaban J connectivity index is 0.00000312. The zero-order valence-corrected chi connectivity index (χ0v) is 16.0. The second-order valence-corrected chi connectivity index (χ2v) is 6.11. The summed E-state index contributed by atoms with van der Waals surface area (Å²) in [6.07, 6.45) is 0. The van der Waals surface area contributed by atoms with Gasteiger partial charge in [-0.15, -0.1) is 12.4 Å². The van der Waals surface area contributed by atoms with Gasteiger partial charge >= 0.3 is 0 Å². The molecule has 0 aromatic heterocycles. The van der Waals surface area contributed by atoms with E-state index < -0.39 is 0 Å². The molecule has 1 saturated heterocycles.